The lowest BCUT2D eigenvalue weighted by atomic mass is 10.2. The van der Waals surface area contributed by atoms with Crippen molar-refractivity contribution in [1.29, 1.82) is 0 Å². The van der Waals surface area contributed by atoms with Crippen molar-refractivity contribution in [3.8, 4) is 11.4 Å². The first-order valence-corrected chi connectivity index (χ1v) is 14.0. The van der Waals surface area contributed by atoms with Crippen LogP contribution in [0.3, 0.4) is 0 Å². The normalized spacial score (nSPS) is 20.1. The second kappa shape index (κ2) is 9.82. The standard InChI is InChI=1S/C21H26N8O5S2/c1-36(32,33)29-3-2-27(12-16(29)20(30)31)11-14-8-15-17(35-14)19(28-4-6-34-7-5-28)26-18(25-15)13-9-23-21(22)24-10-13/h8-10,16H,2-7,11-12H2,1H3,(H,30,31)(H2,22,23,24)/t16-/m0/s1. The molecule has 15 heteroatoms. The summed E-state index contributed by atoms with van der Waals surface area (Å²) in [6.45, 7) is 3.74. The lowest BCUT2D eigenvalue weighted by Crippen LogP contribution is -2.57. The van der Waals surface area contributed by atoms with Crippen LogP contribution in [0.25, 0.3) is 21.6 Å². The summed E-state index contributed by atoms with van der Waals surface area (Å²) in [6, 6.07) is 0.857. The number of fused-ring (bicyclic) bond motifs is 1. The van der Waals surface area contributed by atoms with Crippen LogP contribution in [-0.4, -0.2) is 107 Å². The third-order valence-corrected chi connectivity index (χ3v) is 8.55. The van der Waals surface area contributed by atoms with Gasteiger partial charge in [-0.2, -0.15) is 4.31 Å². The Bertz CT molecular complexity index is 1370. The summed E-state index contributed by atoms with van der Waals surface area (Å²) < 4.78 is 31.6. The van der Waals surface area contributed by atoms with E-state index in [9.17, 15) is 18.3 Å². The second-order valence-electron chi connectivity index (χ2n) is 8.69. The molecule has 3 N–H and O–H groups in total. The van der Waals surface area contributed by atoms with Crippen molar-refractivity contribution in [2.75, 3.05) is 62.8 Å². The number of thiophene rings is 1. The number of aliphatic carboxylic acids is 1. The summed E-state index contributed by atoms with van der Waals surface area (Å²) in [6.07, 6.45) is 4.22. The lowest BCUT2D eigenvalue weighted by Gasteiger charge is -2.37. The fraction of sp³-hybridized carbons (Fsp3) is 0.476. The molecule has 1 atom stereocenters. The molecule has 0 aliphatic carbocycles. The van der Waals surface area contributed by atoms with Crippen molar-refractivity contribution in [2.45, 2.75) is 12.6 Å². The summed E-state index contributed by atoms with van der Waals surface area (Å²) in [4.78, 5) is 34.6. The molecule has 0 saturated carbocycles. The Kier molecular flexibility index (Phi) is 6.74. The number of carboxylic acid groups (broad SMARTS) is 1. The van der Waals surface area contributed by atoms with Gasteiger partial charge in [0.05, 0.1) is 35.2 Å². The Morgan fingerprint density at radius 1 is 1.19 bits per heavy atom. The highest BCUT2D eigenvalue weighted by atomic mass is 32.2. The Labute approximate surface area is 211 Å². The molecule has 2 aliphatic heterocycles. The third-order valence-electron chi connectivity index (χ3n) is 6.15. The zero-order valence-corrected chi connectivity index (χ0v) is 21.2. The molecule has 0 amide bonds. The minimum atomic E-state index is -3.61. The topological polar surface area (TPSA) is 168 Å². The van der Waals surface area contributed by atoms with Gasteiger partial charge in [-0.1, -0.05) is 0 Å². The fourth-order valence-corrected chi connectivity index (χ4v) is 6.59. The first kappa shape index (κ1) is 24.7. The SMILES string of the molecule is CS(=O)(=O)N1CCN(Cc2cc3nc(-c4cnc(N)nc4)nc(N4CCOCC4)c3s2)C[C@H]1C(=O)O. The monoisotopic (exact) mass is 534 g/mol. The summed E-state index contributed by atoms with van der Waals surface area (Å²) in [5.41, 5.74) is 7.05. The number of carboxylic acids is 1. The maximum atomic E-state index is 12.0. The molecule has 0 unspecified atom stereocenters. The van der Waals surface area contributed by atoms with Gasteiger partial charge in [0.25, 0.3) is 0 Å². The second-order valence-corrected chi connectivity index (χ2v) is 11.8. The highest BCUT2D eigenvalue weighted by Gasteiger charge is 2.37. The molecule has 5 rings (SSSR count). The van der Waals surface area contributed by atoms with Crippen LogP contribution in [-0.2, 0) is 26.1 Å². The van der Waals surface area contributed by atoms with E-state index in [-0.39, 0.29) is 19.0 Å². The van der Waals surface area contributed by atoms with E-state index in [1.54, 1.807) is 23.7 Å². The molecule has 2 fully saturated rings. The van der Waals surface area contributed by atoms with Crippen molar-refractivity contribution in [2.24, 2.45) is 0 Å². The third kappa shape index (κ3) is 5.10. The number of sulfonamides is 1. The van der Waals surface area contributed by atoms with Crippen molar-refractivity contribution in [3.05, 3.63) is 23.3 Å². The van der Waals surface area contributed by atoms with Crippen LogP contribution in [0.2, 0.25) is 0 Å². The molecule has 13 nitrogen and oxygen atoms in total. The van der Waals surface area contributed by atoms with Gasteiger partial charge in [-0.3, -0.25) is 9.69 Å². The molecule has 0 spiro atoms. The van der Waals surface area contributed by atoms with Gasteiger partial charge in [0.1, 0.15) is 6.04 Å². The highest BCUT2D eigenvalue weighted by Crippen LogP contribution is 2.35. The van der Waals surface area contributed by atoms with E-state index in [1.807, 2.05) is 11.0 Å². The van der Waals surface area contributed by atoms with Gasteiger partial charge in [0, 0.05) is 56.5 Å². The van der Waals surface area contributed by atoms with Crippen LogP contribution in [0.5, 0.6) is 0 Å². The summed E-state index contributed by atoms with van der Waals surface area (Å²) in [5.74, 6) is 0.303. The number of nitrogen functional groups attached to an aromatic ring is 1. The molecule has 192 valence electrons. The lowest BCUT2D eigenvalue weighted by molar-refractivity contribution is -0.143. The number of piperazine rings is 1. The Morgan fingerprint density at radius 3 is 2.58 bits per heavy atom. The maximum absolute atomic E-state index is 12.0. The molecular formula is C21H26N8O5S2. The summed E-state index contributed by atoms with van der Waals surface area (Å²) in [7, 11) is -3.61. The molecule has 2 aliphatic rings. The molecule has 0 bridgehead atoms. The summed E-state index contributed by atoms with van der Waals surface area (Å²) in [5, 5.41) is 9.62. The van der Waals surface area contributed by atoms with Crippen LogP contribution in [0, 0.1) is 0 Å². The molecule has 3 aromatic rings. The van der Waals surface area contributed by atoms with E-state index in [0.717, 1.165) is 31.5 Å². The van der Waals surface area contributed by atoms with Crippen LogP contribution in [0.15, 0.2) is 18.5 Å². The number of nitrogens with two attached hydrogens (primary N) is 1. The Balaban J connectivity index is 1.47. The number of ether oxygens (including phenoxy) is 1. The quantitative estimate of drug-likeness (QED) is 0.438. The molecule has 36 heavy (non-hydrogen) atoms. The van der Waals surface area contributed by atoms with Gasteiger partial charge < -0.3 is 20.5 Å². The molecule has 2 saturated heterocycles. The average Bonchev–Trinajstić information content (AvgIpc) is 3.26. The minimum absolute atomic E-state index is 0.104. The Hall–Kier alpha value is -2.98. The fourth-order valence-electron chi connectivity index (χ4n) is 4.40. The molecule has 0 radical (unpaired) electrons. The van der Waals surface area contributed by atoms with Crippen LogP contribution >= 0.6 is 11.3 Å². The van der Waals surface area contributed by atoms with E-state index in [0.29, 0.717) is 50.8 Å². The van der Waals surface area contributed by atoms with E-state index in [2.05, 4.69) is 14.9 Å². The van der Waals surface area contributed by atoms with Gasteiger partial charge in [0.15, 0.2) is 11.6 Å². The van der Waals surface area contributed by atoms with Crippen molar-refractivity contribution >= 4 is 49.3 Å². The number of anilines is 2. The van der Waals surface area contributed by atoms with Gasteiger partial charge in [-0.15, -0.1) is 11.3 Å². The largest absolute Gasteiger partial charge is 0.480 e. The molecule has 3 aromatic heterocycles. The van der Waals surface area contributed by atoms with Crippen LogP contribution in [0.4, 0.5) is 11.8 Å². The molecular weight excluding hydrogens is 508 g/mol. The van der Waals surface area contributed by atoms with Crippen molar-refractivity contribution in [3.63, 3.8) is 0 Å². The maximum Gasteiger partial charge on any atom is 0.323 e. The number of nitrogens with zero attached hydrogens (tertiary/aromatic N) is 7. The minimum Gasteiger partial charge on any atom is -0.480 e. The average molecular weight is 535 g/mol. The summed E-state index contributed by atoms with van der Waals surface area (Å²) >= 11 is 1.55. The molecule has 0 aromatic carbocycles. The van der Waals surface area contributed by atoms with Crippen LogP contribution in [0.1, 0.15) is 4.88 Å². The van der Waals surface area contributed by atoms with Gasteiger partial charge in [-0.25, -0.2) is 28.4 Å². The zero-order chi connectivity index (χ0) is 25.4. The number of morpholine rings is 1. The number of hydrogen-bond donors (Lipinski definition) is 2. The van der Waals surface area contributed by atoms with E-state index < -0.39 is 22.0 Å². The number of aromatic nitrogens is 4. The van der Waals surface area contributed by atoms with E-state index >= 15 is 0 Å². The van der Waals surface area contributed by atoms with Gasteiger partial charge >= 0.3 is 5.97 Å². The smallest absolute Gasteiger partial charge is 0.323 e. The zero-order valence-electron chi connectivity index (χ0n) is 19.6. The molecule has 5 heterocycles. The highest BCUT2D eigenvalue weighted by molar-refractivity contribution is 7.88. The van der Waals surface area contributed by atoms with Gasteiger partial charge in [-0.05, 0) is 6.07 Å². The van der Waals surface area contributed by atoms with E-state index in [1.165, 1.54) is 0 Å². The van der Waals surface area contributed by atoms with Crippen molar-refractivity contribution < 1.29 is 23.1 Å². The van der Waals surface area contributed by atoms with Gasteiger partial charge in [0.2, 0.25) is 16.0 Å². The van der Waals surface area contributed by atoms with Crippen molar-refractivity contribution in [1.82, 2.24) is 29.1 Å². The number of rotatable bonds is 6. The predicted octanol–water partition coefficient (Wildman–Crippen LogP) is 0.0975. The van der Waals surface area contributed by atoms with E-state index in [4.69, 9.17) is 20.4 Å². The first-order chi connectivity index (χ1) is 17.2. The number of carbonyl (C=O) groups is 1. The predicted molar refractivity (Wildman–Crippen MR) is 134 cm³/mol. The Morgan fingerprint density at radius 2 is 1.92 bits per heavy atom. The van der Waals surface area contributed by atoms with Crippen LogP contribution < -0.4 is 10.6 Å². The first-order valence-electron chi connectivity index (χ1n) is 11.3. The number of hydrogen-bond acceptors (Lipinski definition) is 12.